The van der Waals surface area contributed by atoms with Gasteiger partial charge >= 0.3 is 0 Å². The molecule has 2 aliphatic rings. The van der Waals surface area contributed by atoms with Gasteiger partial charge in [-0.1, -0.05) is 6.07 Å². The third-order valence-electron chi connectivity index (χ3n) is 5.78. The Hall–Kier alpha value is -3.13. The minimum absolute atomic E-state index is 0.0216. The largest absolute Gasteiger partial charge is 0.497 e. The van der Waals surface area contributed by atoms with Crippen LogP contribution < -0.4 is 15.0 Å². The number of non-ortho nitro benzene ring substituents is 1. The van der Waals surface area contributed by atoms with Crippen LogP contribution in [-0.2, 0) is 11.2 Å². The highest BCUT2D eigenvalue weighted by Gasteiger charge is 2.41. The Balaban J connectivity index is 1.65. The Kier molecular flexibility index (Phi) is 5.10. The Morgan fingerprint density at radius 1 is 1.24 bits per heavy atom. The van der Waals surface area contributed by atoms with E-state index in [0.717, 1.165) is 30.9 Å². The molecular formula is C21H24N4O4. The quantitative estimate of drug-likeness (QED) is 0.631. The summed E-state index contributed by atoms with van der Waals surface area (Å²) in [6, 6.07) is 12.3. The van der Waals surface area contributed by atoms with Crippen molar-refractivity contribution in [1.29, 1.82) is 0 Å². The molecule has 0 aliphatic carbocycles. The predicted molar refractivity (Wildman–Crippen MR) is 111 cm³/mol. The lowest BCUT2D eigenvalue weighted by molar-refractivity contribution is -0.384. The molecule has 1 amide bonds. The van der Waals surface area contributed by atoms with Crippen LogP contribution in [0.1, 0.15) is 5.56 Å². The van der Waals surface area contributed by atoms with E-state index >= 15 is 0 Å². The number of carbonyl (C=O) groups is 1. The van der Waals surface area contributed by atoms with Gasteiger partial charge in [-0.05, 0) is 37.2 Å². The van der Waals surface area contributed by atoms with E-state index in [2.05, 4.69) is 22.2 Å². The highest BCUT2D eigenvalue weighted by atomic mass is 16.6. The second kappa shape index (κ2) is 7.71. The Morgan fingerprint density at radius 3 is 2.83 bits per heavy atom. The Morgan fingerprint density at radius 2 is 2.07 bits per heavy atom. The smallest absolute Gasteiger partial charge is 0.269 e. The number of nitro groups is 1. The SMILES string of the molecule is COc1cccc(NC(=O)[C@@H]2Cc3cc([N+](=O)[O-])ccc3N3CCN(C)C[C@H]23)c1. The molecule has 0 saturated carbocycles. The number of carbonyl (C=O) groups excluding carboxylic acids is 1. The van der Waals surface area contributed by atoms with Gasteiger partial charge in [0.05, 0.1) is 24.0 Å². The van der Waals surface area contributed by atoms with Gasteiger partial charge in [0.2, 0.25) is 5.91 Å². The second-order valence-corrected chi connectivity index (χ2v) is 7.62. The van der Waals surface area contributed by atoms with Crippen LogP contribution in [0.2, 0.25) is 0 Å². The van der Waals surface area contributed by atoms with E-state index in [1.807, 2.05) is 24.3 Å². The van der Waals surface area contributed by atoms with E-state index in [4.69, 9.17) is 4.74 Å². The van der Waals surface area contributed by atoms with E-state index in [9.17, 15) is 14.9 Å². The van der Waals surface area contributed by atoms with E-state index in [0.29, 0.717) is 17.9 Å². The van der Waals surface area contributed by atoms with Crippen molar-refractivity contribution in [3.8, 4) is 5.75 Å². The lowest BCUT2D eigenvalue weighted by atomic mass is 9.83. The molecule has 1 fully saturated rings. The lowest BCUT2D eigenvalue weighted by Crippen LogP contribution is -2.59. The summed E-state index contributed by atoms with van der Waals surface area (Å²) in [6.07, 6.45) is 0.474. The molecule has 0 radical (unpaired) electrons. The van der Waals surface area contributed by atoms with Crippen molar-refractivity contribution in [2.45, 2.75) is 12.5 Å². The summed E-state index contributed by atoms with van der Waals surface area (Å²) in [7, 11) is 3.64. The van der Waals surface area contributed by atoms with Gasteiger partial charge < -0.3 is 19.9 Å². The molecule has 2 aromatic carbocycles. The van der Waals surface area contributed by atoms with Crippen LogP contribution in [0.3, 0.4) is 0 Å². The predicted octanol–water partition coefficient (Wildman–Crippen LogP) is 2.53. The minimum atomic E-state index is -0.387. The van der Waals surface area contributed by atoms with Crippen LogP contribution in [0.25, 0.3) is 0 Å². The number of benzene rings is 2. The molecular weight excluding hydrogens is 372 g/mol. The lowest BCUT2D eigenvalue weighted by Gasteiger charge is -2.48. The number of ether oxygens (including phenoxy) is 1. The van der Waals surface area contributed by atoms with Crippen LogP contribution >= 0.6 is 0 Å². The summed E-state index contributed by atoms with van der Waals surface area (Å²) < 4.78 is 5.23. The highest BCUT2D eigenvalue weighted by Crippen LogP contribution is 2.38. The molecule has 1 N–H and O–H groups in total. The van der Waals surface area contributed by atoms with Gasteiger partial charge in [0, 0.05) is 49.2 Å². The van der Waals surface area contributed by atoms with Crippen molar-refractivity contribution in [2.24, 2.45) is 5.92 Å². The van der Waals surface area contributed by atoms with E-state index in [1.165, 1.54) is 0 Å². The number of methoxy groups -OCH3 is 1. The zero-order valence-corrected chi connectivity index (χ0v) is 16.5. The average Bonchev–Trinajstić information content (AvgIpc) is 2.72. The molecule has 2 aliphatic heterocycles. The number of nitrogens with zero attached hydrogens (tertiary/aromatic N) is 3. The molecule has 2 aromatic rings. The molecule has 2 atom stereocenters. The van der Waals surface area contributed by atoms with Gasteiger partial charge in [0.1, 0.15) is 5.75 Å². The first kappa shape index (κ1) is 19.2. The third kappa shape index (κ3) is 3.75. The molecule has 0 bridgehead atoms. The van der Waals surface area contributed by atoms with Crippen molar-refractivity contribution in [3.05, 3.63) is 58.1 Å². The normalized spacial score (nSPS) is 21.1. The topological polar surface area (TPSA) is 87.9 Å². The second-order valence-electron chi connectivity index (χ2n) is 7.62. The number of amides is 1. The monoisotopic (exact) mass is 396 g/mol. The van der Waals surface area contributed by atoms with Crippen LogP contribution in [0.4, 0.5) is 17.1 Å². The van der Waals surface area contributed by atoms with Crippen molar-refractivity contribution in [1.82, 2.24) is 4.90 Å². The molecule has 8 nitrogen and oxygen atoms in total. The maximum Gasteiger partial charge on any atom is 0.269 e. The van der Waals surface area contributed by atoms with Crippen LogP contribution in [-0.4, -0.2) is 55.6 Å². The zero-order chi connectivity index (χ0) is 20.5. The number of anilines is 2. The summed E-state index contributed by atoms with van der Waals surface area (Å²) in [5, 5.41) is 14.2. The van der Waals surface area contributed by atoms with Gasteiger partial charge in [-0.3, -0.25) is 14.9 Å². The van der Waals surface area contributed by atoms with E-state index < -0.39 is 0 Å². The first-order chi connectivity index (χ1) is 14.0. The number of hydrogen-bond acceptors (Lipinski definition) is 6. The standard InChI is InChI=1S/C21H24N4O4/c1-23-8-9-24-19-7-6-16(25(27)28)10-14(19)11-18(20(24)13-23)21(26)22-15-4-3-5-17(12-15)29-2/h3-7,10,12,18,20H,8-9,11,13H2,1-2H3,(H,22,26)/t18-,20-/m1/s1. The van der Waals surface area contributed by atoms with E-state index in [-0.39, 0.29) is 28.5 Å². The minimum Gasteiger partial charge on any atom is -0.497 e. The fraction of sp³-hybridized carbons (Fsp3) is 0.381. The van der Waals surface area contributed by atoms with Gasteiger partial charge in [-0.2, -0.15) is 0 Å². The molecule has 4 rings (SSSR count). The summed E-state index contributed by atoms with van der Waals surface area (Å²) >= 11 is 0. The first-order valence-corrected chi connectivity index (χ1v) is 9.63. The van der Waals surface area contributed by atoms with Gasteiger partial charge in [-0.25, -0.2) is 0 Å². The molecule has 0 aromatic heterocycles. The fourth-order valence-electron chi connectivity index (χ4n) is 4.30. The number of hydrogen-bond donors (Lipinski definition) is 1. The zero-order valence-electron chi connectivity index (χ0n) is 16.5. The van der Waals surface area contributed by atoms with E-state index in [1.54, 1.807) is 25.3 Å². The van der Waals surface area contributed by atoms with Gasteiger partial charge in [-0.15, -0.1) is 0 Å². The Labute approximate surface area is 169 Å². The van der Waals surface area contributed by atoms with Crippen molar-refractivity contribution >= 4 is 23.0 Å². The molecule has 0 unspecified atom stereocenters. The van der Waals surface area contributed by atoms with Crippen LogP contribution in [0.15, 0.2) is 42.5 Å². The summed E-state index contributed by atoms with van der Waals surface area (Å²) in [5.74, 6) is 0.283. The number of fused-ring (bicyclic) bond motifs is 3. The maximum absolute atomic E-state index is 13.2. The number of nitro benzene ring substituents is 1. The molecule has 1 saturated heterocycles. The maximum atomic E-state index is 13.2. The number of likely N-dealkylation sites (N-methyl/N-ethyl adjacent to an activating group) is 1. The molecule has 2 heterocycles. The number of nitrogens with one attached hydrogen (secondary N) is 1. The average molecular weight is 396 g/mol. The van der Waals surface area contributed by atoms with Gasteiger partial charge in [0.15, 0.2) is 0 Å². The highest BCUT2D eigenvalue weighted by molar-refractivity contribution is 5.94. The fourth-order valence-corrected chi connectivity index (χ4v) is 4.30. The summed E-state index contributed by atoms with van der Waals surface area (Å²) in [5.41, 5.74) is 2.59. The molecule has 0 spiro atoms. The van der Waals surface area contributed by atoms with Crippen LogP contribution in [0.5, 0.6) is 5.75 Å². The van der Waals surface area contributed by atoms with Crippen molar-refractivity contribution in [2.75, 3.05) is 44.0 Å². The Bertz CT molecular complexity index is 948. The molecule has 8 heteroatoms. The summed E-state index contributed by atoms with van der Waals surface area (Å²) in [6.45, 7) is 2.44. The van der Waals surface area contributed by atoms with Crippen molar-refractivity contribution in [3.63, 3.8) is 0 Å². The first-order valence-electron chi connectivity index (χ1n) is 9.63. The van der Waals surface area contributed by atoms with Crippen molar-refractivity contribution < 1.29 is 14.5 Å². The van der Waals surface area contributed by atoms with Crippen LogP contribution in [0, 0.1) is 16.0 Å². The molecule has 152 valence electrons. The third-order valence-corrected chi connectivity index (χ3v) is 5.78. The summed E-state index contributed by atoms with van der Waals surface area (Å²) in [4.78, 5) is 28.5. The number of piperazine rings is 1. The molecule has 29 heavy (non-hydrogen) atoms. The van der Waals surface area contributed by atoms with Gasteiger partial charge in [0.25, 0.3) is 5.69 Å². The number of rotatable bonds is 4.